The quantitative estimate of drug-likeness (QED) is 0.444. The Labute approximate surface area is 186 Å². The second-order valence-corrected chi connectivity index (χ2v) is 8.90. The van der Waals surface area contributed by atoms with Crippen LogP contribution in [-0.4, -0.2) is 37.1 Å². The molecule has 2 bridgehead atoms. The molecule has 32 heavy (non-hydrogen) atoms. The van der Waals surface area contributed by atoms with E-state index in [0.717, 1.165) is 42.0 Å². The van der Waals surface area contributed by atoms with E-state index in [1.165, 1.54) is 10.9 Å². The van der Waals surface area contributed by atoms with Gasteiger partial charge in [0.2, 0.25) is 0 Å². The number of piperidine rings is 1. The van der Waals surface area contributed by atoms with Gasteiger partial charge in [0.05, 0.1) is 6.04 Å². The Morgan fingerprint density at radius 3 is 2.84 bits per heavy atom. The fourth-order valence-electron chi connectivity index (χ4n) is 5.47. The van der Waals surface area contributed by atoms with Crippen molar-refractivity contribution in [2.24, 2.45) is 5.92 Å². The molecule has 2 fully saturated rings. The Balaban J connectivity index is 1.20. The molecule has 1 saturated carbocycles. The molecule has 3 heterocycles. The maximum Gasteiger partial charge on any atom is 0.318 e. The van der Waals surface area contributed by atoms with Gasteiger partial charge >= 0.3 is 6.03 Å². The summed E-state index contributed by atoms with van der Waals surface area (Å²) in [6, 6.07) is 18.5. The Kier molecular flexibility index (Phi) is 4.67. The fourth-order valence-corrected chi connectivity index (χ4v) is 5.47. The van der Waals surface area contributed by atoms with Crippen LogP contribution in [0.5, 0.6) is 0 Å². The summed E-state index contributed by atoms with van der Waals surface area (Å²) in [7, 11) is 0. The average Bonchev–Trinajstić information content (AvgIpc) is 3.62. The largest absolute Gasteiger partial charge is 0.361 e. The van der Waals surface area contributed by atoms with Crippen LogP contribution in [0, 0.1) is 5.92 Å². The molecule has 6 rings (SSSR count). The van der Waals surface area contributed by atoms with Gasteiger partial charge in [-0.2, -0.15) is 5.10 Å². The highest BCUT2D eigenvalue weighted by Gasteiger charge is 2.50. The lowest BCUT2D eigenvalue weighted by Crippen LogP contribution is -2.46. The van der Waals surface area contributed by atoms with Crippen LogP contribution in [0.3, 0.4) is 0 Å². The monoisotopic (exact) mass is 426 g/mol. The maximum absolute atomic E-state index is 13.2. The highest BCUT2D eigenvalue weighted by molar-refractivity contribution is 5.83. The number of nitrogens with zero attached hydrogens (tertiary/aromatic N) is 3. The van der Waals surface area contributed by atoms with Crippen molar-refractivity contribution in [1.29, 1.82) is 0 Å². The molecular formula is C25H26N6O. The zero-order chi connectivity index (χ0) is 21.5. The van der Waals surface area contributed by atoms with E-state index in [1.807, 2.05) is 53.6 Å². The number of rotatable bonds is 5. The first-order chi connectivity index (χ1) is 15.8. The molecule has 0 unspecified atom stereocenters. The van der Waals surface area contributed by atoms with E-state index in [9.17, 15) is 4.79 Å². The second-order valence-electron chi connectivity index (χ2n) is 8.90. The number of nitrogens with one attached hydrogen (secondary N) is 3. The van der Waals surface area contributed by atoms with Gasteiger partial charge in [0.25, 0.3) is 0 Å². The zero-order valence-corrected chi connectivity index (χ0v) is 17.8. The normalized spacial score (nSPS) is 22.0. The van der Waals surface area contributed by atoms with Gasteiger partial charge in [-0.15, -0.1) is 0 Å². The van der Waals surface area contributed by atoms with Crippen molar-refractivity contribution in [2.75, 3.05) is 0 Å². The number of aromatic amines is 2. The number of amides is 2. The molecule has 3 N–H and O–H groups in total. The molecule has 1 aliphatic heterocycles. The first kappa shape index (κ1) is 19.1. The molecule has 0 spiro atoms. The minimum absolute atomic E-state index is 0.0133. The maximum atomic E-state index is 13.2. The van der Waals surface area contributed by atoms with Gasteiger partial charge in [0, 0.05) is 36.1 Å². The van der Waals surface area contributed by atoms with Crippen LogP contribution >= 0.6 is 0 Å². The third kappa shape index (κ3) is 3.34. The molecule has 7 nitrogen and oxygen atoms in total. The molecule has 2 aliphatic rings. The van der Waals surface area contributed by atoms with Crippen LogP contribution in [0.15, 0.2) is 60.8 Å². The molecule has 2 aromatic carbocycles. The Morgan fingerprint density at radius 1 is 1.09 bits per heavy atom. The van der Waals surface area contributed by atoms with Crippen molar-refractivity contribution in [3.8, 4) is 0 Å². The molecule has 3 atom stereocenters. The van der Waals surface area contributed by atoms with Crippen LogP contribution in [0.1, 0.15) is 48.1 Å². The van der Waals surface area contributed by atoms with E-state index >= 15 is 0 Å². The summed E-state index contributed by atoms with van der Waals surface area (Å²) in [6.45, 7) is 0.530. The van der Waals surface area contributed by atoms with Gasteiger partial charge in [0.1, 0.15) is 5.82 Å². The van der Waals surface area contributed by atoms with Gasteiger partial charge in [-0.3, -0.25) is 5.10 Å². The Bertz CT molecular complexity index is 1250. The lowest BCUT2D eigenvalue weighted by atomic mass is 9.98. The molecule has 2 amide bonds. The van der Waals surface area contributed by atoms with Crippen molar-refractivity contribution in [2.45, 2.75) is 44.3 Å². The van der Waals surface area contributed by atoms with Crippen molar-refractivity contribution < 1.29 is 4.79 Å². The summed E-state index contributed by atoms with van der Waals surface area (Å²) < 4.78 is 0. The van der Waals surface area contributed by atoms with Gasteiger partial charge in [-0.05, 0) is 42.4 Å². The van der Waals surface area contributed by atoms with Crippen molar-refractivity contribution in [3.05, 3.63) is 83.6 Å². The number of carbonyl (C=O) groups is 1. The van der Waals surface area contributed by atoms with E-state index < -0.39 is 0 Å². The number of benzene rings is 2. The molecule has 0 radical (unpaired) electrons. The number of hydrogen-bond acceptors (Lipinski definition) is 3. The third-order valence-electron chi connectivity index (χ3n) is 6.96. The van der Waals surface area contributed by atoms with Crippen LogP contribution < -0.4 is 5.32 Å². The Hall–Kier alpha value is -3.61. The molecule has 1 saturated heterocycles. The van der Waals surface area contributed by atoms with Crippen LogP contribution in [0.4, 0.5) is 4.79 Å². The van der Waals surface area contributed by atoms with Crippen LogP contribution in [0.25, 0.3) is 10.9 Å². The number of H-pyrrole nitrogens is 2. The molecule has 4 aromatic rings. The summed E-state index contributed by atoms with van der Waals surface area (Å²) in [6.07, 6.45) is 5.93. The molecule has 1 aliphatic carbocycles. The van der Waals surface area contributed by atoms with E-state index in [1.54, 1.807) is 0 Å². The zero-order valence-electron chi connectivity index (χ0n) is 17.8. The van der Waals surface area contributed by atoms with Crippen molar-refractivity contribution >= 4 is 16.9 Å². The van der Waals surface area contributed by atoms with E-state index in [-0.39, 0.29) is 18.1 Å². The first-order valence-corrected chi connectivity index (χ1v) is 11.3. The summed E-state index contributed by atoms with van der Waals surface area (Å²) in [5, 5.41) is 12.0. The number of likely N-dealkylation sites (tertiary alicyclic amines) is 1. The topological polar surface area (TPSA) is 89.7 Å². The van der Waals surface area contributed by atoms with Gasteiger partial charge in [0.15, 0.2) is 5.82 Å². The van der Waals surface area contributed by atoms with Gasteiger partial charge in [-0.25, -0.2) is 9.78 Å². The summed E-state index contributed by atoms with van der Waals surface area (Å²) in [4.78, 5) is 23.3. The molecular weight excluding hydrogens is 400 g/mol. The lowest BCUT2D eigenvalue weighted by molar-refractivity contribution is 0.142. The number of hydrogen-bond donors (Lipinski definition) is 3. The summed E-state index contributed by atoms with van der Waals surface area (Å²) >= 11 is 0. The highest BCUT2D eigenvalue weighted by Crippen LogP contribution is 2.49. The van der Waals surface area contributed by atoms with Crippen LogP contribution in [0.2, 0.25) is 0 Å². The molecule has 2 aromatic heterocycles. The number of carbonyl (C=O) groups excluding carboxylic acids is 1. The first-order valence-electron chi connectivity index (χ1n) is 11.3. The number of urea groups is 1. The van der Waals surface area contributed by atoms with E-state index in [2.05, 4.69) is 32.6 Å². The second kappa shape index (κ2) is 7.82. The van der Waals surface area contributed by atoms with Gasteiger partial charge in [-0.1, -0.05) is 48.5 Å². The van der Waals surface area contributed by atoms with Gasteiger partial charge < -0.3 is 15.2 Å². The molecule has 162 valence electrons. The smallest absolute Gasteiger partial charge is 0.318 e. The van der Waals surface area contributed by atoms with Crippen molar-refractivity contribution in [3.63, 3.8) is 0 Å². The number of aromatic nitrogens is 4. The SMILES string of the molecule is O=C(NCc1ccccc1)N1[C@@H]2CC[C@@H](C2)[C@H]1c1nc(Cc2c[nH]c3ccccc23)n[nH]1. The standard InChI is InChI=1S/C25H26N6O/c32-25(27-14-16-6-2-1-3-7-16)31-19-11-10-17(12-19)23(31)24-28-22(29-30-24)13-18-15-26-21-9-5-4-8-20(18)21/h1-9,15,17,19,23,26H,10-14H2,(H,27,32)(H,28,29,30)/t17-,19+,23-/m0/s1. The van der Waals surface area contributed by atoms with E-state index in [0.29, 0.717) is 18.9 Å². The lowest BCUT2D eigenvalue weighted by Gasteiger charge is -2.34. The van der Waals surface area contributed by atoms with Crippen LogP contribution in [-0.2, 0) is 13.0 Å². The minimum Gasteiger partial charge on any atom is -0.361 e. The third-order valence-corrected chi connectivity index (χ3v) is 6.96. The predicted molar refractivity (Wildman–Crippen MR) is 122 cm³/mol. The fraction of sp³-hybridized carbons (Fsp3) is 0.320. The minimum atomic E-state index is -0.0336. The average molecular weight is 427 g/mol. The summed E-state index contributed by atoms with van der Waals surface area (Å²) in [5.74, 6) is 2.01. The van der Waals surface area contributed by atoms with E-state index in [4.69, 9.17) is 4.98 Å². The van der Waals surface area contributed by atoms with Crippen molar-refractivity contribution in [1.82, 2.24) is 30.4 Å². The number of para-hydroxylation sites is 1. The predicted octanol–water partition coefficient (Wildman–Crippen LogP) is 4.31. The molecule has 7 heteroatoms. The summed E-state index contributed by atoms with van der Waals surface area (Å²) in [5.41, 5.74) is 3.40. The number of fused-ring (bicyclic) bond motifs is 3. The highest BCUT2D eigenvalue weighted by atomic mass is 16.2. The Morgan fingerprint density at radius 2 is 1.94 bits per heavy atom.